The van der Waals surface area contributed by atoms with E-state index in [1.165, 1.54) is 0 Å². The highest BCUT2D eigenvalue weighted by Gasteiger charge is 2.29. The molecule has 0 saturated heterocycles. The number of carbonyl (C=O) groups excluding carboxylic acids is 1. The molecule has 1 heterocycles. The van der Waals surface area contributed by atoms with Crippen LogP contribution in [-0.2, 0) is 4.74 Å². The van der Waals surface area contributed by atoms with Crippen LogP contribution in [0.1, 0.15) is 51.6 Å². The first-order valence-corrected chi connectivity index (χ1v) is 6.64. The molecule has 1 aliphatic rings. The molecule has 2 rings (SSSR count). The van der Waals surface area contributed by atoms with Crippen molar-refractivity contribution in [2.75, 3.05) is 5.73 Å². The normalized spacial score (nSPS) is 23.3. The van der Waals surface area contributed by atoms with Gasteiger partial charge in [0.1, 0.15) is 11.4 Å². The molecular weight excluding hydrogens is 244 g/mol. The Morgan fingerprint density at radius 3 is 2.84 bits per heavy atom. The summed E-state index contributed by atoms with van der Waals surface area (Å²) in [6.07, 6.45) is 2.51. The van der Waals surface area contributed by atoms with Gasteiger partial charge in [0.05, 0.1) is 0 Å². The summed E-state index contributed by atoms with van der Waals surface area (Å²) in [4.78, 5) is 11.7. The number of H-pyrrole nitrogens is 1. The second-order valence-corrected chi connectivity index (χ2v) is 6.10. The van der Waals surface area contributed by atoms with Gasteiger partial charge in [-0.15, -0.1) is 0 Å². The largest absolute Gasteiger partial charge is 0.444 e. The summed E-state index contributed by atoms with van der Waals surface area (Å²) >= 11 is 0. The minimum Gasteiger partial charge on any atom is -0.444 e. The number of nitrogens with one attached hydrogen (secondary N) is 2. The van der Waals surface area contributed by atoms with Gasteiger partial charge in [-0.25, -0.2) is 4.79 Å². The lowest BCUT2D eigenvalue weighted by Crippen LogP contribution is -2.37. The van der Waals surface area contributed by atoms with Crippen LogP contribution in [0.4, 0.5) is 10.6 Å². The predicted octanol–water partition coefficient (Wildman–Crippen LogP) is 2.15. The van der Waals surface area contributed by atoms with Crippen LogP contribution in [0.15, 0.2) is 6.07 Å². The Labute approximate surface area is 113 Å². The molecule has 2 unspecified atom stereocenters. The van der Waals surface area contributed by atoms with Crippen molar-refractivity contribution in [2.45, 2.75) is 57.6 Å². The van der Waals surface area contributed by atoms with Gasteiger partial charge in [0, 0.05) is 23.7 Å². The van der Waals surface area contributed by atoms with Gasteiger partial charge in [0.25, 0.3) is 0 Å². The molecule has 19 heavy (non-hydrogen) atoms. The van der Waals surface area contributed by atoms with Crippen molar-refractivity contribution in [2.24, 2.45) is 0 Å². The fourth-order valence-electron chi connectivity index (χ4n) is 2.43. The summed E-state index contributed by atoms with van der Waals surface area (Å²) in [6, 6.07) is 2.02. The number of anilines is 1. The molecular formula is C13H22N4O2. The maximum atomic E-state index is 11.7. The fourth-order valence-corrected chi connectivity index (χ4v) is 2.43. The van der Waals surface area contributed by atoms with Crippen LogP contribution in [0.2, 0.25) is 0 Å². The monoisotopic (exact) mass is 266 g/mol. The Balaban J connectivity index is 1.84. The molecule has 106 valence electrons. The van der Waals surface area contributed by atoms with E-state index in [-0.39, 0.29) is 12.1 Å². The van der Waals surface area contributed by atoms with E-state index < -0.39 is 5.60 Å². The number of rotatable bonds is 2. The van der Waals surface area contributed by atoms with E-state index in [0.717, 1.165) is 25.0 Å². The molecule has 1 amide bonds. The van der Waals surface area contributed by atoms with Crippen LogP contribution in [0.25, 0.3) is 0 Å². The Bertz CT molecular complexity index is 450. The zero-order chi connectivity index (χ0) is 14.0. The minimum atomic E-state index is -0.458. The number of hydrogen-bond acceptors (Lipinski definition) is 4. The van der Waals surface area contributed by atoms with Crippen molar-refractivity contribution in [1.29, 1.82) is 0 Å². The van der Waals surface area contributed by atoms with Gasteiger partial charge in [0.15, 0.2) is 0 Å². The molecule has 6 heteroatoms. The SMILES string of the molecule is CC(C)(C)OC(=O)NC1CCC(c2cc(N)n[nH]2)C1. The number of nitrogen functional groups attached to an aromatic ring is 1. The summed E-state index contributed by atoms with van der Waals surface area (Å²) < 4.78 is 5.25. The molecule has 1 saturated carbocycles. The Kier molecular flexibility index (Phi) is 3.68. The Hall–Kier alpha value is -1.72. The van der Waals surface area contributed by atoms with E-state index in [4.69, 9.17) is 10.5 Å². The summed E-state index contributed by atoms with van der Waals surface area (Å²) in [5.74, 6) is 0.892. The van der Waals surface area contributed by atoms with Crippen LogP contribution in [-0.4, -0.2) is 27.9 Å². The van der Waals surface area contributed by atoms with E-state index in [2.05, 4.69) is 15.5 Å². The van der Waals surface area contributed by atoms with Gasteiger partial charge >= 0.3 is 6.09 Å². The Morgan fingerprint density at radius 1 is 1.53 bits per heavy atom. The fraction of sp³-hybridized carbons (Fsp3) is 0.692. The highest BCUT2D eigenvalue weighted by Crippen LogP contribution is 2.34. The molecule has 1 aromatic rings. The lowest BCUT2D eigenvalue weighted by molar-refractivity contribution is 0.0505. The predicted molar refractivity (Wildman–Crippen MR) is 72.7 cm³/mol. The third-order valence-electron chi connectivity index (χ3n) is 3.21. The van der Waals surface area contributed by atoms with E-state index in [1.54, 1.807) is 0 Å². The average molecular weight is 266 g/mol. The molecule has 1 fully saturated rings. The number of aromatic nitrogens is 2. The third-order valence-corrected chi connectivity index (χ3v) is 3.21. The standard InChI is InChI=1S/C13H22N4O2/c1-13(2,3)19-12(18)15-9-5-4-8(6-9)10-7-11(14)17-16-10/h7-9H,4-6H2,1-3H3,(H,15,18)(H3,14,16,17). The second-order valence-electron chi connectivity index (χ2n) is 6.10. The molecule has 6 nitrogen and oxygen atoms in total. The zero-order valence-corrected chi connectivity index (χ0v) is 11.7. The van der Waals surface area contributed by atoms with Crippen LogP contribution >= 0.6 is 0 Å². The topological polar surface area (TPSA) is 93.0 Å². The van der Waals surface area contributed by atoms with E-state index in [0.29, 0.717) is 11.7 Å². The first-order valence-electron chi connectivity index (χ1n) is 6.64. The lowest BCUT2D eigenvalue weighted by Gasteiger charge is -2.21. The zero-order valence-electron chi connectivity index (χ0n) is 11.7. The van der Waals surface area contributed by atoms with Gasteiger partial charge in [-0.1, -0.05) is 0 Å². The van der Waals surface area contributed by atoms with Crippen molar-refractivity contribution in [1.82, 2.24) is 15.5 Å². The van der Waals surface area contributed by atoms with Gasteiger partial charge < -0.3 is 15.8 Å². The highest BCUT2D eigenvalue weighted by atomic mass is 16.6. The number of carbonyl (C=O) groups is 1. The number of nitrogens with zero attached hydrogens (tertiary/aromatic N) is 1. The summed E-state index contributed by atoms with van der Waals surface area (Å²) in [5, 5.41) is 9.79. The molecule has 0 aromatic carbocycles. The second kappa shape index (κ2) is 5.11. The Morgan fingerprint density at radius 2 is 2.26 bits per heavy atom. The number of aromatic amines is 1. The van der Waals surface area contributed by atoms with Crippen molar-refractivity contribution >= 4 is 11.9 Å². The average Bonchev–Trinajstić information content (AvgIpc) is 2.83. The van der Waals surface area contributed by atoms with Gasteiger partial charge in [0.2, 0.25) is 0 Å². The van der Waals surface area contributed by atoms with Crippen LogP contribution in [0, 0.1) is 0 Å². The molecule has 0 bridgehead atoms. The van der Waals surface area contributed by atoms with E-state index in [9.17, 15) is 4.79 Å². The van der Waals surface area contributed by atoms with Crippen molar-refractivity contribution in [3.63, 3.8) is 0 Å². The summed E-state index contributed by atoms with van der Waals surface area (Å²) in [7, 11) is 0. The smallest absolute Gasteiger partial charge is 0.407 e. The van der Waals surface area contributed by atoms with Crippen LogP contribution in [0.5, 0.6) is 0 Å². The molecule has 0 radical (unpaired) electrons. The first kappa shape index (κ1) is 13.7. The highest BCUT2D eigenvalue weighted by molar-refractivity contribution is 5.68. The van der Waals surface area contributed by atoms with Crippen LogP contribution in [0.3, 0.4) is 0 Å². The maximum Gasteiger partial charge on any atom is 0.407 e. The summed E-state index contributed by atoms with van der Waals surface area (Å²) in [5.41, 5.74) is 6.19. The third kappa shape index (κ3) is 3.87. The van der Waals surface area contributed by atoms with Gasteiger partial charge in [-0.2, -0.15) is 5.10 Å². The van der Waals surface area contributed by atoms with Crippen molar-refractivity contribution in [3.8, 4) is 0 Å². The lowest BCUT2D eigenvalue weighted by atomic mass is 10.0. The number of alkyl carbamates (subject to hydrolysis) is 1. The number of hydrogen-bond donors (Lipinski definition) is 3. The molecule has 2 atom stereocenters. The molecule has 0 aliphatic heterocycles. The molecule has 1 aliphatic carbocycles. The minimum absolute atomic E-state index is 0.157. The summed E-state index contributed by atoms with van der Waals surface area (Å²) in [6.45, 7) is 5.58. The molecule has 4 N–H and O–H groups in total. The van der Waals surface area contributed by atoms with Gasteiger partial charge in [-0.05, 0) is 40.0 Å². The first-order chi connectivity index (χ1) is 8.83. The quantitative estimate of drug-likeness (QED) is 0.764. The molecule has 0 spiro atoms. The maximum absolute atomic E-state index is 11.7. The van der Waals surface area contributed by atoms with E-state index in [1.807, 2.05) is 26.8 Å². The van der Waals surface area contributed by atoms with Gasteiger partial charge in [-0.3, -0.25) is 5.10 Å². The van der Waals surface area contributed by atoms with Crippen LogP contribution < -0.4 is 11.1 Å². The molecule has 1 aromatic heterocycles. The van der Waals surface area contributed by atoms with E-state index >= 15 is 0 Å². The number of ether oxygens (including phenoxy) is 1. The van der Waals surface area contributed by atoms with Crippen molar-refractivity contribution < 1.29 is 9.53 Å². The number of nitrogens with two attached hydrogens (primary N) is 1. The van der Waals surface area contributed by atoms with Crippen molar-refractivity contribution in [3.05, 3.63) is 11.8 Å². The number of amides is 1.